The lowest BCUT2D eigenvalue weighted by molar-refractivity contribution is 0.224. The lowest BCUT2D eigenvalue weighted by Gasteiger charge is -2.08. The molecule has 2 atom stereocenters. The first kappa shape index (κ1) is 9.81. The molecule has 74 valence electrons. The number of thioether (sulfide) groups is 1. The van der Waals surface area contributed by atoms with Crippen LogP contribution in [0.2, 0.25) is 0 Å². The fourth-order valence-electron chi connectivity index (χ4n) is 1.55. The van der Waals surface area contributed by atoms with Crippen molar-refractivity contribution < 1.29 is 5.11 Å². The summed E-state index contributed by atoms with van der Waals surface area (Å²) in [5.41, 5.74) is 1.35. The fourth-order valence-corrected chi connectivity index (χ4v) is 2.68. The molecule has 0 saturated carbocycles. The molecule has 2 rings (SSSR count). The summed E-state index contributed by atoms with van der Waals surface area (Å²) in [4.78, 5) is 0. The van der Waals surface area contributed by atoms with E-state index in [1.54, 1.807) is 0 Å². The Kier molecular flexibility index (Phi) is 3.27. The van der Waals surface area contributed by atoms with E-state index < -0.39 is 0 Å². The van der Waals surface area contributed by atoms with Crippen molar-refractivity contribution in [1.82, 2.24) is 0 Å². The van der Waals surface area contributed by atoms with Crippen molar-refractivity contribution in [2.75, 3.05) is 0 Å². The minimum absolute atomic E-state index is 0.219. The largest absolute Gasteiger partial charge is 0.389 e. The van der Waals surface area contributed by atoms with E-state index in [4.69, 9.17) is 0 Å². The predicted molar refractivity (Wildman–Crippen MR) is 61.3 cm³/mol. The zero-order valence-electron chi connectivity index (χ0n) is 7.97. The van der Waals surface area contributed by atoms with Gasteiger partial charge in [-0.05, 0) is 12.0 Å². The Morgan fingerprint density at radius 1 is 1.21 bits per heavy atom. The van der Waals surface area contributed by atoms with Gasteiger partial charge in [-0.3, -0.25) is 0 Å². The molecule has 2 unspecified atom stereocenters. The van der Waals surface area contributed by atoms with E-state index in [0.29, 0.717) is 5.25 Å². The van der Waals surface area contributed by atoms with Crippen molar-refractivity contribution in [2.45, 2.75) is 23.5 Å². The first-order chi connectivity index (χ1) is 6.84. The molecule has 1 nitrogen and oxygen atoms in total. The van der Waals surface area contributed by atoms with Gasteiger partial charge in [0.15, 0.2) is 0 Å². The summed E-state index contributed by atoms with van der Waals surface area (Å²) in [7, 11) is 0. The maximum atomic E-state index is 9.30. The van der Waals surface area contributed by atoms with Gasteiger partial charge in [0.25, 0.3) is 0 Å². The number of rotatable bonds is 3. The van der Waals surface area contributed by atoms with E-state index in [-0.39, 0.29) is 6.10 Å². The van der Waals surface area contributed by atoms with Gasteiger partial charge in [-0.1, -0.05) is 42.5 Å². The van der Waals surface area contributed by atoms with Crippen LogP contribution in [0.25, 0.3) is 0 Å². The SMILES string of the molecule is OC1C=CC(SCc2ccccc2)C1. The molecule has 0 radical (unpaired) electrons. The molecule has 0 aromatic heterocycles. The van der Waals surface area contributed by atoms with Crippen molar-refractivity contribution >= 4 is 11.8 Å². The Bertz CT molecular complexity index is 307. The van der Waals surface area contributed by atoms with Crippen LogP contribution in [-0.4, -0.2) is 16.5 Å². The maximum absolute atomic E-state index is 9.30. The van der Waals surface area contributed by atoms with Gasteiger partial charge >= 0.3 is 0 Å². The molecule has 1 N–H and O–H groups in total. The number of aliphatic hydroxyl groups is 1. The summed E-state index contributed by atoms with van der Waals surface area (Å²) >= 11 is 1.89. The summed E-state index contributed by atoms with van der Waals surface area (Å²) in [6, 6.07) is 10.4. The molecule has 0 aliphatic heterocycles. The zero-order chi connectivity index (χ0) is 9.80. The van der Waals surface area contributed by atoms with E-state index >= 15 is 0 Å². The Hall–Kier alpha value is -0.730. The smallest absolute Gasteiger partial charge is 0.0734 e. The molecule has 1 aliphatic rings. The first-order valence-electron chi connectivity index (χ1n) is 4.86. The quantitative estimate of drug-likeness (QED) is 0.767. The summed E-state index contributed by atoms with van der Waals surface area (Å²) < 4.78 is 0. The van der Waals surface area contributed by atoms with Crippen molar-refractivity contribution in [2.24, 2.45) is 0 Å². The van der Waals surface area contributed by atoms with E-state index in [1.807, 2.05) is 23.9 Å². The van der Waals surface area contributed by atoms with Crippen LogP contribution in [0.3, 0.4) is 0 Å². The molecule has 14 heavy (non-hydrogen) atoms. The summed E-state index contributed by atoms with van der Waals surface area (Å²) in [5.74, 6) is 1.03. The molecule has 1 aromatic rings. The Balaban J connectivity index is 1.81. The molecule has 0 amide bonds. The van der Waals surface area contributed by atoms with Gasteiger partial charge in [-0.15, -0.1) is 11.8 Å². The molecule has 0 spiro atoms. The maximum Gasteiger partial charge on any atom is 0.0734 e. The predicted octanol–water partition coefficient (Wildman–Crippen LogP) is 2.61. The summed E-state index contributed by atoms with van der Waals surface area (Å²) in [5, 5.41) is 9.79. The third-order valence-corrected chi connectivity index (χ3v) is 3.61. The van der Waals surface area contributed by atoms with Crippen molar-refractivity contribution in [3.63, 3.8) is 0 Å². The van der Waals surface area contributed by atoms with Crippen molar-refractivity contribution in [1.29, 1.82) is 0 Å². The third kappa shape index (κ3) is 2.63. The van der Waals surface area contributed by atoms with Crippen molar-refractivity contribution in [3.05, 3.63) is 48.0 Å². The number of hydrogen-bond acceptors (Lipinski definition) is 2. The van der Waals surface area contributed by atoms with Gasteiger partial charge in [0.05, 0.1) is 6.10 Å². The first-order valence-corrected chi connectivity index (χ1v) is 5.91. The molecule has 0 bridgehead atoms. The second-order valence-corrected chi connectivity index (χ2v) is 4.75. The molecular weight excluding hydrogens is 192 g/mol. The highest BCUT2D eigenvalue weighted by molar-refractivity contribution is 7.99. The second-order valence-electron chi connectivity index (χ2n) is 3.52. The monoisotopic (exact) mass is 206 g/mol. The molecular formula is C12H14OS. The molecule has 1 aliphatic carbocycles. The van der Waals surface area contributed by atoms with Gasteiger partial charge in [-0.25, -0.2) is 0 Å². The highest BCUT2D eigenvalue weighted by Crippen LogP contribution is 2.26. The standard InChI is InChI=1S/C12H14OS/c13-11-6-7-12(8-11)14-9-10-4-2-1-3-5-10/h1-7,11-13H,8-9H2. The molecule has 0 fully saturated rings. The Morgan fingerprint density at radius 2 is 2.00 bits per heavy atom. The third-order valence-electron chi connectivity index (χ3n) is 2.33. The minimum Gasteiger partial charge on any atom is -0.389 e. The van der Waals surface area contributed by atoms with Crippen LogP contribution in [0.1, 0.15) is 12.0 Å². The number of benzene rings is 1. The van der Waals surface area contributed by atoms with E-state index in [1.165, 1.54) is 5.56 Å². The van der Waals surface area contributed by atoms with Crippen LogP contribution in [0, 0.1) is 0 Å². The Morgan fingerprint density at radius 3 is 2.64 bits per heavy atom. The van der Waals surface area contributed by atoms with Crippen LogP contribution in [0.4, 0.5) is 0 Å². The average molecular weight is 206 g/mol. The van der Waals surface area contributed by atoms with Gasteiger partial charge in [0.2, 0.25) is 0 Å². The van der Waals surface area contributed by atoms with E-state index in [9.17, 15) is 5.11 Å². The molecule has 0 saturated heterocycles. The van der Waals surface area contributed by atoms with Gasteiger partial charge in [-0.2, -0.15) is 0 Å². The van der Waals surface area contributed by atoms with Crippen molar-refractivity contribution in [3.8, 4) is 0 Å². The summed E-state index contributed by atoms with van der Waals surface area (Å²) in [6.07, 6.45) is 4.65. The van der Waals surface area contributed by atoms with Gasteiger partial charge in [0, 0.05) is 11.0 Å². The zero-order valence-corrected chi connectivity index (χ0v) is 8.78. The molecule has 1 aromatic carbocycles. The summed E-state index contributed by atoms with van der Waals surface area (Å²) in [6.45, 7) is 0. The number of hydrogen-bond donors (Lipinski definition) is 1. The van der Waals surface area contributed by atoms with E-state index in [2.05, 4.69) is 30.3 Å². The lowest BCUT2D eigenvalue weighted by Crippen LogP contribution is -2.03. The minimum atomic E-state index is -0.219. The normalized spacial score (nSPS) is 25.5. The second kappa shape index (κ2) is 4.67. The van der Waals surface area contributed by atoms with E-state index in [0.717, 1.165) is 12.2 Å². The lowest BCUT2D eigenvalue weighted by atomic mass is 10.2. The van der Waals surface area contributed by atoms with Crippen LogP contribution in [0.5, 0.6) is 0 Å². The van der Waals surface area contributed by atoms with Crippen LogP contribution >= 0.6 is 11.8 Å². The highest BCUT2D eigenvalue weighted by Gasteiger charge is 2.16. The average Bonchev–Trinajstić information content (AvgIpc) is 2.63. The molecule has 2 heteroatoms. The van der Waals surface area contributed by atoms with Gasteiger partial charge < -0.3 is 5.11 Å². The fraction of sp³-hybridized carbons (Fsp3) is 0.333. The van der Waals surface area contributed by atoms with Crippen LogP contribution in [0.15, 0.2) is 42.5 Å². The van der Waals surface area contributed by atoms with Crippen LogP contribution < -0.4 is 0 Å². The highest BCUT2D eigenvalue weighted by atomic mass is 32.2. The van der Waals surface area contributed by atoms with Crippen LogP contribution in [-0.2, 0) is 5.75 Å². The van der Waals surface area contributed by atoms with Gasteiger partial charge in [0.1, 0.15) is 0 Å². The molecule has 0 heterocycles. The number of aliphatic hydroxyl groups excluding tert-OH is 1. The topological polar surface area (TPSA) is 20.2 Å². The Labute approximate surface area is 88.8 Å².